The van der Waals surface area contributed by atoms with Crippen molar-refractivity contribution in [2.75, 3.05) is 13.2 Å². The van der Waals surface area contributed by atoms with E-state index in [9.17, 15) is 4.79 Å². The number of esters is 1. The topological polar surface area (TPSA) is 103 Å². The predicted octanol–water partition coefficient (Wildman–Crippen LogP) is 1.50. The summed E-state index contributed by atoms with van der Waals surface area (Å²) in [5, 5.41) is 3.01. The zero-order valence-corrected chi connectivity index (χ0v) is 13.0. The second-order valence-electron chi connectivity index (χ2n) is 4.69. The van der Waals surface area contributed by atoms with Crippen LogP contribution in [0, 0.1) is 0 Å². The first-order valence-corrected chi connectivity index (χ1v) is 7.38. The van der Waals surface area contributed by atoms with Gasteiger partial charge in [0, 0.05) is 24.9 Å². The molecule has 0 saturated carbocycles. The van der Waals surface area contributed by atoms with Crippen LogP contribution < -0.4 is 11.1 Å². The smallest absolute Gasteiger partial charge is 0.374 e. The average Bonchev–Trinajstić information content (AvgIpc) is 3.03. The molecule has 0 spiro atoms. The summed E-state index contributed by atoms with van der Waals surface area (Å²) >= 11 is 0. The van der Waals surface area contributed by atoms with Gasteiger partial charge in [0.15, 0.2) is 5.96 Å². The molecule has 7 heteroatoms. The third-order valence-corrected chi connectivity index (χ3v) is 2.96. The third-order valence-electron chi connectivity index (χ3n) is 2.96. The van der Waals surface area contributed by atoms with Gasteiger partial charge in [-0.1, -0.05) is 6.07 Å². The molecule has 0 aromatic carbocycles. The quantitative estimate of drug-likeness (QED) is 0.456. The van der Waals surface area contributed by atoms with Gasteiger partial charge in [0.05, 0.1) is 6.61 Å². The summed E-state index contributed by atoms with van der Waals surface area (Å²) in [6, 6.07) is 9.01. The molecule has 0 aliphatic rings. The molecule has 0 saturated heterocycles. The van der Waals surface area contributed by atoms with Gasteiger partial charge in [-0.2, -0.15) is 0 Å². The number of pyridine rings is 1. The van der Waals surface area contributed by atoms with Gasteiger partial charge in [-0.3, -0.25) is 4.98 Å². The fourth-order valence-corrected chi connectivity index (χ4v) is 1.86. The van der Waals surface area contributed by atoms with E-state index in [1.54, 1.807) is 25.3 Å². The number of hydrogen-bond acceptors (Lipinski definition) is 5. The lowest BCUT2D eigenvalue weighted by Gasteiger charge is -2.04. The van der Waals surface area contributed by atoms with Gasteiger partial charge in [0.25, 0.3) is 0 Å². The molecule has 7 nitrogen and oxygen atoms in total. The maximum atomic E-state index is 11.5. The van der Waals surface area contributed by atoms with Crippen molar-refractivity contribution in [3.05, 3.63) is 53.7 Å². The first-order valence-electron chi connectivity index (χ1n) is 7.38. The fraction of sp³-hybridized carbons (Fsp3) is 0.312. The SMILES string of the molecule is CCOC(=O)c1ccc(CN=C(N)NCCc2ccccn2)o1. The molecule has 122 valence electrons. The van der Waals surface area contributed by atoms with Crippen LogP contribution in [0.4, 0.5) is 0 Å². The van der Waals surface area contributed by atoms with Gasteiger partial charge >= 0.3 is 5.97 Å². The molecule has 3 N–H and O–H groups in total. The van der Waals surface area contributed by atoms with Gasteiger partial charge in [-0.15, -0.1) is 0 Å². The molecule has 2 heterocycles. The van der Waals surface area contributed by atoms with E-state index < -0.39 is 5.97 Å². The molecule has 0 aliphatic heterocycles. The van der Waals surface area contributed by atoms with E-state index >= 15 is 0 Å². The summed E-state index contributed by atoms with van der Waals surface area (Å²) < 4.78 is 10.2. The first kappa shape index (κ1) is 16.5. The number of ether oxygens (including phenoxy) is 1. The van der Waals surface area contributed by atoms with Crippen molar-refractivity contribution in [2.24, 2.45) is 10.7 Å². The Labute approximate surface area is 134 Å². The minimum atomic E-state index is -0.482. The lowest BCUT2D eigenvalue weighted by molar-refractivity contribution is 0.0488. The highest BCUT2D eigenvalue weighted by molar-refractivity contribution is 5.86. The number of hydrogen-bond donors (Lipinski definition) is 2. The van der Waals surface area contributed by atoms with E-state index in [0.717, 1.165) is 12.1 Å². The van der Waals surface area contributed by atoms with Gasteiger partial charge in [0.2, 0.25) is 5.76 Å². The van der Waals surface area contributed by atoms with Gasteiger partial charge in [0.1, 0.15) is 12.3 Å². The lowest BCUT2D eigenvalue weighted by Crippen LogP contribution is -2.33. The Bertz CT molecular complexity index is 652. The third kappa shape index (κ3) is 5.46. The predicted molar refractivity (Wildman–Crippen MR) is 85.9 cm³/mol. The van der Waals surface area contributed by atoms with E-state index in [4.69, 9.17) is 14.9 Å². The molecule has 0 radical (unpaired) electrons. The monoisotopic (exact) mass is 316 g/mol. The maximum Gasteiger partial charge on any atom is 0.374 e. The molecule has 2 aromatic rings. The van der Waals surface area contributed by atoms with Crippen LogP contribution in [0.3, 0.4) is 0 Å². The fourth-order valence-electron chi connectivity index (χ4n) is 1.86. The van der Waals surface area contributed by atoms with Crippen molar-refractivity contribution in [1.82, 2.24) is 10.3 Å². The number of carbonyl (C=O) groups excluding carboxylic acids is 1. The maximum absolute atomic E-state index is 11.5. The zero-order chi connectivity index (χ0) is 16.5. The molecule has 2 rings (SSSR count). The molecular formula is C16H20N4O3. The van der Waals surface area contributed by atoms with Crippen LogP contribution in [-0.4, -0.2) is 30.1 Å². The number of guanidine groups is 1. The van der Waals surface area contributed by atoms with Gasteiger partial charge < -0.3 is 20.2 Å². The molecule has 2 aromatic heterocycles. The van der Waals surface area contributed by atoms with E-state index in [0.29, 0.717) is 24.9 Å². The Hall–Kier alpha value is -2.83. The summed E-state index contributed by atoms with van der Waals surface area (Å²) in [6.45, 7) is 2.93. The van der Waals surface area contributed by atoms with Crippen molar-refractivity contribution < 1.29 is 13.9 Å². The Morgan fingerprint density at radius 2 is 2.26 bits per heavy atom. The second kappa shape index (κ2) is 8.57. The van der Waals surface area contributed by atoms with Crippen molar-refractivity contribution in [1.29, 1.82) is 0 Å². The standard InChI is InChI=1S/C16H20N4O3/c1-2-22-15(21)14-7-6-13(23-14)11-20-16(17)19-10-8-12-5-3-4-9-18-12/h3-7,9H,2,8,10-11H2,1H3,(H3,17,19,20). The van der Waals surface area contributed by atoms with Crippen molar-refractivity contribution in [3.8, 4) is 0 Å². The second-order valence-corrected chi connectivity index (χ2v) is 4.69. The van der Waals surface area contributed by atoms with Crippen LogP contribution in [0.1, 0.15) is 28.9 Å². The number of nitrogens with one attached hydrogen (secondary N) is 1. The number of nitrogens with zero attached hydrogens (tertiary/aromatic N) is 2. The normalized spacial score (nSPS) is 11.3. The number of rotatable bonds is 7. The van der Waals surface area contributed by atoms with E-state index in [1.165, 1.54) is 0 Å². The Morgan fingerprint density at radius 1 is 1.39 bits per heavy atom. The van der Waals surface area contributed by atoms with Crippen LogP contribution in [0.2, 0.25) is 0 Å². The number of carbonyl (C=O) groups is 1. The highest BCUT2D eigenvalue weighted by Gasteiger charge is 2.11. The highest BCUT2D eigenvalue weighted by atomic mass is 16.5. The summed E-state index contributed by atoms with van der Waals surface area (Å²) in [5.41, 5.74) is 6.77. The van der Waals surface area contributed by atoms with Crippen LogP contribution >= 0.6 is 0 Å². The van der Waals surface area contributed by atoms with Crippen LogP contribution in [0.15, 0.2) is 45.9 Å². The molecule has 0 aliphatic carbocycles. The zero-order valence-electron chi connectivity index (χ0n) is 13.0. The summed E-state index contributed by atoms with van der Waals surface area (Å²) in [5.74, 6) is 0.542. The molecule has 0 amide bonds. The highest BCUT2D eigenvalue weighted by Crippen LogP contribution is 2.10. The summed E-state index contributed by atoms with van der Waals surface area (Å²) in [7, 11) is 0. The minimum Gasteiger partial charge on any atom is -0.460 e. The van der Waals surface area contributed by atoms with Crippen molar-refractivity contribution in [2.45, 2.75) is 19.9 Å². The summed E-state index contributed by atoms with van der Waals surface area (Å²) in [4.78, 5) is 19.9. The van der Waals surface area contributed by atoms with Crippen molar-refractivity contribution in [3.63, 3.8) is 0 Å². The minimum absolute atomic E-state index is 0.165. The molecule has 0 atom stereocenters. The number of aromatic nitrogens is 1. The average molecular weight is 316 g/mol. The molecule has 0 bridgehead atoms. The van der Waals surface area contributed by atoms with Crippen LogP contribution in [0.25, 0.3) is 0 Å². The summed E-state index contributed by atoms with van der Waals surface area (Å²) in [6.07, 6.45) is 2.51. The molecule has 0 unspecified atom stereocenters. The molecule has 23 heavy (non-hydrogen) atoms. The van der Waals surface area contributed by atoms with E-state index in [-0.39, 0.29) is 12.3 Å². The van der Waals surface area contributed by atoms with Gasteiger partial charge in [-0.25, -0.2) is 9.79 Å². The van der Waals surface area contributed by atoms with E-state index in [2.05, 4.69) is 15.3 Å². The van der Waals surface area contributed by atoms with Crippen molar-refractivity contribution >= 4 is 11.9 Å². The lowest BCUT2D eigenvalue weighted by atomic mass is 10.3. The molecule has 0 fully saturated rings. The number of aliphatic imine (C=N–C) groups is 1. The Morgan fingerprint density at radius 3 is 3.00 bits per heavy atom. The molecular weight excluding hydrogens is 296 g/mol. The Kier molecular flexibility index (Phi) is 6.17. The van der Waals surface area contributed by atoms with Crippen LogP contribution in [-0.2, 0) is 17.7 Å². The first-order chi connectivity index (χ1) is 11.2. The Balaban J connectivity index is 1.77. The number of furan rings is 1. The van der Waals surface area contributed by atoms with E-state index in [1.807, 2.05) is 18.2 Å². The largest absolute Gasteiger partial charge is 0.460 e. The van der Waals surface area contributed by atoms with Crippen LogP contribution in [0.5, 0.6) is 0 Å². The van der Waals surface area contributed by atoms with Gasteiger partial charge in [-0.05, 0) is 31.2 Å². The number of nitrogens with two attached hydrogens (primary N) is 1.